The predicted octanol–water partition coefficient (Wildman–Crippen LogP) is 3.85. The molecule has 2 aromatic heterocycles. The van der Waals surface area contributed by atoms with Crippen molar-refractivity contribution >= 4 is 5.57 Å². The van der Waals surface area contributed by atoms with Crippen LogP contribution < -0.4 is 0 Å². The van der Waals surface area contributed by atoms with Crippen molar-refractivity contribution in [3.63, 3.8) is 0 Å². The van der Waals surface area contributed by atoms with E-state index in [-0.39, 0.29) is 12.0 Å². The fraction of sp³-hybridized carbons (Fsp3) is 0.407. The molecule has 5 rings (SSSR count). The van der Waals surface area contributed by atoms with E-state index < -0.39 is 5.60 Å². The van der Waals surface area contributed by atoms with Gasteiger partial charge in [0.2, 0.25) is 0 Å². The Kier molecular flexibility index (Phi) is 6.40. The van der Waals surface area contributed by atoms with Gasteiger partial charge in [0.05, 0.1) is 31.2 Å². The van der Waals surface area contributed by atoms with E-state index >= 15 is 0 Å². The number of methoxy groups -OCH3 is 1. The average Bonchev–Trinajstić information content (AvgIpc) is 3.02. The summed E-state index contributed by atoms with van der Waals surface area (Å²) in [6.07, 6.45) is 14.5. The molecule has 0 spiro atoms. The molecule has 2 aliphatic heterocycles. The van der Waals surface area contributed by atoms with Crippen LogP contribution in [0.1, 0.15) is 36.2 Å². The van der Waals surface area contributed by atoms with Gasteiger partial charge in [0.1, 0.15) is 11.4 Å². The predicted molar refractivity (Wildman–Crippen MR) is 127 cm³/mol. The Bertz CT molecular complexity index is 1060. The zero-order valence-corrected chi connectivity index (χ0v) is 19.1. The third kappa shape index (κ3) is 4.64. The molecule has 172 valence electrons. The number of aromatic nitrogens is 2. The van der Waals surface area contributed by atoms with E-state index in [1.807, 2.05) is 36.5 Å². The molecule has 33 heavy (non-hydrogen) atoms. The lowest BCUT2D eigenvalue weighted by atomic mass is 9.84. The molecule has 0 aromatic carbocycles. The Balaban J connectivity index is 1.30. The maximum atomic E-state index is 11.1. The SMILES string of the molecule is COC1=CC2/C(=C/CCN3CCC(O)(c4ccccn4)CC3)c3cccnc3COC2C=C1. The summed E-state index contributed by atoms with van der Waals surface area (Å²) in [7, 11) is 1.70. The third-order valence-electron chi connectivity index (χ3n) is 6.99. The summed E-state index contributed by atoms with van der Waals surface area (Å²) in [6, 6.07) is 9.90. The van der Waals surface area contributed by atoms with Crippen molar-refractivity contribution in [2.24, 2.45) is 5.92 Å². The summed E-state index contributed by atoms with van der Waals surface area (Å²) in [6.45, 7) is 3.18. The first-order valence-electron chi connectivity index (χ1n) is 11.7. The summed E-state index contributed by atoms with van der Waals surface area (Å²) in [5.41, 5.74) is 3.36. The number of ether oxygens (including phenoxy) is 2. The highest BCUT2D eigenvalue weighted by Gasteiger charge is 2.35. The molecule has 3 aliphatic rings. The molecule has 1 fully saturated rings. The first kappa shape index (κ1) is 22.0. The van der Waals surface area contributed by atoms with Crippen molar-refractivity contribution in [2.75, 3.05) is 26.7 Å². The number of aliphatic hydroxyl groups is 1. The van der Waals surface area contributed by atoms with E-state index in [1.165, 1.54) is 5.57 Å². The fourth-order valence-electron chi connectivity index (χ4n) is 5.06. The molecule has 0 radical (unpaired) electrons. The molecule has 1 N–H and O–H groups in total. The standard InChI is InChI=1S/C27H31N3O3/c1-32-20-9-10-25-23(18-20)21(22-6-4-14-28-24(22)19-33-25)7-5-15-30-16-11-27(31,12-17-30)26-8-2-3-13-29-26/h2-4,6-10,13-14,18,23,25,31H,5,11-12,15-17,19H2,1H3/b21-7+. The van der Waals surface area contributed by atoms with Gasteiger partial charge in [-0.3, -0.25) is 9.97 Å². The smallest absolute Gasteiger partial charge is 0.115 e. The molecule has 0 saturated carbocycles. The second kappa shape index (κ2) is 9.59. The van der Waals surface area contributed by atoms with Crippen LogP contribution in [0.15, 0.2) is 72.8 Å². The van der Waals surface area contributed by atoms with E-state index in [4.69, 9.17) is 9.47 Å². The zero-order chi connectivity index (χ0) is 22.7. The average molecular weight is 446 g/mol. The van der Waals surface area contributed by atoms with Gasteiger partial charge in [0, 0.05) is 43.5 Å². The van der Waals surface area contributed by atoms with Crippen LogP contribution in [0.5, 0.6) is 0 Å². The minimum Gasteiger partial charge on any atom is -0.497 e. The highest BCUT2D eigenvalue weighted by molar-refractivity contribution is 5.72. The highest BCUT2D eigenvalue weighted by atomic mass is 16.5. The van der Waals surface area contributed by atoms with Gasteiger partial charge in [0.25, 0.3) is 0 Å². The van der Waals surface area contributed by atoms with Crippen LogP contribution in [0, 0.1) is 5.92 Å². The molecule has 1 aliphatic carbocycles. The van der Waals surface area contributed by atoms with Gasteiger partial charge in [-0.25, -0.2) is 0 Å². The van der Waals surface area contributed by atoms with E-state index in [9.17, 15) is 5.11 Å². The van der Waals surface area contributed by atoms with Crippen molar-refractivity contribution in [1.29, 1.82) is 0 Å². The van der Waals surface area contributed by atoms with Crippen molar-refractivity contribution < 1.29 is 14.6 Å². The Hall–Kier alpha value is -2.80. The summed E-state index contributed by atoms with van der Waals surface area (Å²) in [5.74, 6) is 0.967. The molecule has 2 atom stereocenters. The van der Waals surface area contributed by atoms with Gasteiger partial charge in [-0.05, 0) is 55.2 Å². The highest BCUT2D eigenvalue weighted by Crippen LogP contribution is 2.38. The summed E-state index contributed by atoms with van der Waals surface area (Å²) in [4.78, 5) is 11.4. The molecule has 2 unspecified atom stereocenters. The van der Waals surface area contributed by atoms with E-state index in [2.05, 4.69) is 39.2 Å². The van der Waals surface area contributed by atoms with Gasteiger partial charge in [0.15, 0.2) is 0 Å². The van der Waals surface area contributed by atoms with Crippen molar-refractivity contribution in [3.05, 3.63) is 89.7 Å². The number of allylic oxidation sites excluding steroid dienone is 1. The molecule has 0 bridgehead atoms. The number of pyridine rings is 2. The van der Waals surface area contributed by atoms with Crippen LogP contribution in [0.2, 0.25) is 0 Å². The number of likely N-dealkylation sites (tertiary alicyclic amines) is 1. The monoisotopic (exact) mass is 445 g/mol. The Morgan fingerprint density at radius 3 is 2.82 bits per heavy atom. The third-order valence-corrected chi connectivity index (χ3v) is 6.99. The molecular formula is C27H31N3O3. The molecule has 2 aromatic rings. The number of rotatable bonds is 5. The van der Waals surface area contributed by atoms with Crippen molar-refractivity contribution in [2.45, 2.75) is 37.6 Å². The van der Waals surface area contributed by atoms with Gasteiger partial charge in [-0.2, -0.15) is 0 Å². The Morgan fingerprint density at radius 1 is 1.18 bits per heavy atom. The van der Waals surface area contributed by atoms with Crippen LogP contribution >= 0.6 is 0 Å². The van der Waals surface area contributed by atoms with Crippen LogP contribution in [-0.4, -0.2) is 52.8 Å². The Labute approximate surface area is 195 Å². The maximum Gasteiger partial charge on any atom is 0.115 e. The topological polar surface area (TPSA) is 67.7 Å². The molecule has 0 amide bonds. The molecule has 1 saturated heterocycles. The summed E-state index contributed by atoms with van der Waals surface area (Å²) >= 11 is 0. The number of hydrogen-bond donors (Lipinski definition) is 1. The first-order chi connectivity index (χ1) is 16.2. The normalized spacial score (nSPS) is 25.6. The lowest BCUT2D eigenvalue weighted by molar-refractivity contribution is -0.0288. The maximum absolute atomic E-state index is 11.1. The zero-order valence-electron chi connectivity index (χ0n) is 19.1. The lowest BCUT2D eigenvalue weighted by Crippen LogP contribution is -2.43. The second-order valence-corrected chi connectivity index (χ2v) is 8.97. The van der Waals surface area contributed by atoms with Gasteiger partial charge < -0.3 is 19.5 Å². The van der Waals surface area contributed by atoms with Crippen molar-refractivity contribution in [1.82, 2.24) is 14.9 Å². The minimum atomic E-state index is -0.817. The minimum absolute atomic E-state index is 0.0206. The lowest BCUT2D eigenvalue weighted by Gasteiger charge is -2.37. The van der Waals surface area contributed by atoms with Gasteiger partial charge in [-0.1, -0.05) is 24.3 Å². The summed E-state index contributed by atoms with van der Waals surface area (Å²) < 4.78 is 11.7. The molecular weight excluding hydrogens is 414 g/mol. The van der Waals surface area contributed by atoms with Gasteiger partial charge in [-0.15, -0.1) is 0 Å². The fourth-order valence-corrected chi connectivity index (χ4v) is 5.06. The Morgan fingerprint density at radius 2 is 2.03 bits per heavy atom. The quantitative estimate of drug-likeness (QED) is 0.754. The largest absolute Gasteiger partial charge is 0.497 e. The molecule has 6 nitrogen and oxygen atoms in total. The second-order valence-electron chi connectivity index (χ2n) is 8.97. The van der Waals surface area contributed by atoms with Crippen LogP contribution in [0.25, 0.3) is 5.57 Å². The summed E-state index contributed by atoms with van der Waals surface area (Å²) in [5, 5.41) is 11.1. The number of hydrogen-bond acceptors (Lipinski definition) is 6. The number of nitrogens with zero attached hydrogens (tertiary/aromatic N) is 3. The van der Waals surface area contributed by atoms with E-state index in [0.717, 1.165) is 48.8 Å². The number of fused-ring (bicyclic) bond motifs is 2. The van der Waals surface area contributed by atoms with E-state index in [0.29, 0.717) is 19.4 Å². The molecule has 6 heteroatoms. The molecule has 4 heterocycles. The van der Waals surface area contributed by atoms with Crippen LogP contribution in [0.4, 0.5) is 0 Å². The van der Waals surface area contributed by atoms with Crippen LogP contribution in [-0.2, 0) is 21.7 Å². The van der Waals surface area contributed by atoms with Crippen LogP contribution in [0.3, 0.4) is 0 Å². The first-order valence-corrected chi connectivity index (χ1v) is 11.7. The number of piperidine rings is 1. The van der Waals surface area contributed by atoms with Crippen molar-refractivity contribution in [3.8, 4) is 0 Å². The van der Waals surface area contributed by atoms with E-state index in [1.54, 1.807) is 13.3 Å². The van der Waals surface area contributed by atoms with Gasteiger partial charge >= 0.3 is 0 Å².